The molecule has 0 unspecified atom stereocenters. The highest BCUT2D eigenvalue weighted by Gasteiger charge is 2.27. The van der Waals surface area contributed by atoms with E-state index < -0.39 is 0 Å². The van der Waals surface area contributed by atoms with Crippen molar-refractivity contribution >= 4 is 35.3 Å². The van der Waals surface area contributed by atoms with Gasteiger partial charge in [0.25, 0.3) is 0 Å². The maximum Gasteiger partial charge on any atom is 0.246 e. The largest absolute Gasteiger partial charge is 0.339 e. The van der Waals surface area contributed by atoms with Crippen molar-refractivity contribution in [1.29, 1.82) is 0 Å². The van der Waals surface area contributed by atoms with Gasteiger partial charge >= 0.3 is 0 Å². The van der Waals surface area contributed by atoms with Gasteiger partial charge in [-0.2, -0.15) is 5.10 Å². The van der Waals surface area contributed by atoms with Gasteiger partial charge < -0.3 is 10.2 Å². The lowest BCUT2D eigenvalue weighted by molar-refractivity contribution is -0.130. The van der Waals surface area contributed by atoms with Crippen LogP contribution in [-0.4, -0.2) is 39.6 Å². The number of benzene rings is 2. The number of piperidine rings is 1. The van der Waals surface area contributed by atoms with Gasteiger partial charge in [0, 0.05) is 36.2 Å². The molecule has 1 aliphatic rings. The molecule has 0 saturated carbocycles. The Kier molecular flexibility index (Phi) is 6.71. The first-order valence-corrected chi connectivity index (χ1v) is 11.0. The predicted molar refractivity (Wildman–Crippen MR) is 127 cm³/mol. The number of halogens is 1. The Morgan fingerprint density at radius 3 is 2.53 bits per heavy atom. The van der Waals surface area contributed by atoms with Gasteiger partial charge in [-0.25, -0.2) is 4.68 Å². The number of nitrogens with one attached hydrogen (secondary N) is 1. The number of likely N-dealkylation sites (tertiary alicyclic amines) is 1. The van der Waals surface area contributed by atoms with Gasteiger partial charge in [0.05, 0.1) is 11.4 Å². The van der Waals surface area contributed by atoms with Gasteiger partial charge in [0.15, 0.2) is 0 Å². The number of hydrogen-bond acceptors (Lipinski definition) is 3. The van der Waals surface area contributed by atoms with Crippen LogP contribution in [0.1, 0.15) is 24.1 Å². The molecule has 3 aromatic rings. The number of hydrogen-bond donors (Lipinski definition) is 1. The normalized spacial score (nSPS) is 14.6. The summed E-state index contributed by atoms with van der Waals surface area (Å²) in [6, 6.07) is 18.9. The van der Waals surface area contributed by atoms with Gasteiger partial charge in [-0.3, -0.25) is 9.59 Å². The van der Waals surface area contributed by atoms with E-state index in [1.165, 1.54) is 0 Å². The van der Waals surface area contributed by atoms with Crippen LogP contribution in [0.25, 0.3) is 11.8 Å². The number of aryl methyl sites for hydroxylation is 1. The molecule has 7 heteroatoms. The molecule has 0 radical (unpaired) electrons. The molecule has 2 amide bonds. The lowest BCUT2D eigenvalue weighted by atomic mass is 9.96. The lowest BCUT2D eigenvalue weighted by Crippen LogP contribution is -2.40. The van der Waals surface area contributed by atoms with Crippen molar-refractivity contribution < 1.29 is 9.59 Å². The molecule has 32 heavy (non-hydrogen) atoms. The van der Waals surface area contributed by atoms with Crippen molar-refractivity contribution in [2.75, 3.05) is 18.4 Å². The fourth-order valence-electron chi connectivity index (χ4n) is 3.82. The molecule has 2 aromatic carbocycles. The molecule has 1 fully saturated rings. The molecule has 0 spiro atoms. The van der Waals surface area contributed by atoms with Crippen molar-refractivity contribution in [2.45, 2.75) is 19.8 Å². The third kappa shape index (κ3) is 5.26. The van der Waals surface area contributed by atoms with E-state index in [4.69, 9.17) is 11.6 Å². The molecule has 0 aliphatic carbocycles. The zero-order valence-electron chi connectivity index (χ0n) is 17.9. The van der Waals surface area contributed by atoms with E-state index in [-0.39, 0.29) is 17.7 Å². The zero-order chi connectivity index (χ0) is 22.5. The topological polar surface area (TPSA) is 67.2 Å². The van der Waals surface area contributed by atoms with Gasteiger partial charge in [-0.15, -0.1) is 0 Å². The molecule has 1 saturated heterocycles. The number of aromatic nitrogens is 2. The maximum atomic E-state index is 12.9. The van der Waals surface area contributed by atoms with E-state index in [0.29, 0.717) is 36.8 Å². The standard InChI is InChI=1S/C25H25ClN4O2/c1-18-16-23(30(28-18)22-9-5-8-21(26)17-22)27-25(32)20-12-14-29(15-13-20)24(31)11-10-19-6-3-2-4-7-19/h2-11,16-17,20H,12-15H2,1H3,(H,27,32)/b11-10+. The van der Waals surface area contributed by atoms with Gasteiger partial charge in [0.1, 0.15) is 5.82 Å². The fraction of sp³-hybridized carbons (Fsp3) is 0.240. The predicted octanol–water partition coefficient (Wildman–Crippen LogP) is 4.72. The molecule has 1 aromatic heterocycles. The molecule has 0 bridgehead atoms. The average Bonchev–Trinajstić information content (AvgIpc) is 3.18. The molecule has 2 heterocycles. The quantitative estimate of drug-likeness (QED) is 0.574. The Hall–Kier alpha value is -3.38. The number of nitrogens with zero attached hydrogens (tertiary/aromatic N) is 3. The van der Waals surface area contributed by atoms with Crippen LogP contribution in [0.2, 0.25) is 5.02 Å². The van der Waals surface area contributed by atoms with Crippen molar-refractivity contribution in [1.82, 2.24) is 14.7 Å². The van der Waals surface area contributed by atoms with E-state index >= 15 is 0 Å². The fourth-order valence-corrected chi connectivity index (χ4v) is 4.01. The summed E-state index contributed by atoms with van der Waals surface area (Å²) in [5.41, 5.74) is 2.57. The molecule has 0 atom stereocenters. The maximum absolute atomic E-state index is 12.9. The summed E-state index contributed by atoms with van der Waals surface area (Å²) in [5.74, 6) is 0.377. The minimum absolute atomic E-state index is 0.0256. The van der Waals surface area contributed by atoms with Crippen LogP contribution < -0.4 is 5.32 Å². The number of carbonyl (C=O) groups is 2. The van der Waals surface area contributed by atoms with Crippen LogP contribution in [-0.2, 0) is 9.59 Å². The summed E-state index contributed by atoms with van der Waals surface area (Å²) in [7, 11) is 0. The Labute approximate surface area is 192 Å². The van der Waals surface area contributed by atoms with Gasteiger partial charge in [-0.05, 0) is 49.6 Å². The number of rotatable bonds is 5. The van der Waals surface area contributed by atoms with E-state index in [1.54, 1.807) is 27.8 Å². The van der Waals surface area contributed by atoms with Crippen LogP contribution >= 0.6 is 11.6 Å². The molecular formula is C25H25ClN4O2. The van der Waals surface area contributed by atoms with Gasteiger partial charge in [-0.1, -0.05) is 48.0 Å². The third-order valence-electron chi connectivity index (χ3n) is 5.53. The Bertz CT molecular complexity index is 1130. The molecule has 164 valence electrons. The monoisotopic (exact) mass is 448 g/mol. The third-order valence-corrected chi connectivity index (χ3v) is 5.77. The second-order valence-corrected chi connectivity index (χ2v) is 8.33. The number of amides is 2. The Morgan fingerprint density at radius 2 is 1.81 bits per heavy atom. The highest BCUT2D eigenvalue weighted by Crippen LogP contribution is 2.23. The van der Waals surface area contributed by atoms with E-state index in [0.717, 1.165) is 16.9 Å². The van der Waals surface area contributed by atoms with Crippen molar-refractivity contribution in [3.05, 3.63) is 83.0 Å². The SMILES string of the molecule is Cc1cc(NC(=O)C2CCN(C(=O)/C=C/c3ccccc3)CC2)n(-c2cccc(Cl)c2)n1. The van der Waals surface area contributed by atoms with Crippen LogP contribution in [0.4, 0.5) is 5.82 Å². The minimum Gasteiger partial charge on any atom is -0.339 e. The van der Waals surface area contributed by atoms with E-state index in [2.05, 4.69) is 10.4 Å². The second-order valence-electron chi connectivity index (χ2n) is 7.90. The van der Waals surface area contributed by atoms with Crippen molar-refractivity contribution in [3.63, 3.8) is 0 Å². The van der Waals surface area contributed by atoms with Crippen LogP contribution in [0.3, 0.4) is 0 Å². The summed E-state index contributed by atoms with van der Waals surface area (Å²) in [4.78, 5) is 27.2. The van der Waals surface area contributed by atoms with Crippen molar-refractivity contribution in [3.8, 4) is 5.69 Å². The van der Waals surface area contributed by atoms with Crippen LogP contribution in [0, 0.1) is 12.8 Å². The number of carbonyl (C=O) groups excluding carboxylic acids is 2. The average molecular weight is 449 g/mol. The first-order valence-electron chi connectivity index (χ1n) is 10.6. The second kappa shape index (κ2) is 9.83. The first kappa shape index (κ1) is 21.8. The summed E-state index contributed by atoms with van der Waals surface area (Å²) >= 11 is 6.11. The molecular weight excluding hydrogens is 424 g/mol. The van der Waals surface area contributed by atoms with Crippen LogP contribution in [0.5, 0.6) is 0 Å². The molecule has 6 nitrogen and oxygen atoms in total. The smallest absolute Gasteiger partial charge is 0.246 e. The highest BCUT2D eigenvalue weighted by atomic mass is 35.5. The summed E-state index contributed by atoms with van der Waals surface area (Å²) in [6.45, 7) is 3.00. The van der Waals surface area contributed by atoms with E-state index in [1.807, 2.05) is 61.5 Å². The Morgan fingerprint density at radius 1 is 1.06 bits per heavy atom. The van der Waals surface area contributed by atoms with Crippen LogP contribution in [0.15, 0.2) is 66.7 Å². The lowest BCUT2D eigenvalue weighted by Gasteiger charge is -2.30. The molecule has 1 N–H and O–H groups in total. The minimum atomic E-state index is -0.153. The Balaban J connectivity index is 1.35. The first-order chi connectivity index (χ1) is 15.5. The van der Waals surface area contributed by atoms with Gasteiger partial charge in [0.2, 0.25) is 11.8 Å². The number of anilines is 1. The summed E-state index contributed by atoms with van der Waals surface area (Å²) < 4.78 is 1.69. The highest BCUT2D eigenvalue weighted by molar-refractivity contribution is 6.30. The molecule has 1 aliphatic heterocycles. The summed E-state index contributed by atoms with van der Waals surface area (Å²) in [6.07, 6.45) is 4.67. The molecule has 4 rings (SSSR count). The van der Waals surface area contributed by atoms with Crippen molar-refractivity contribution in [2.24, 2.45) is 5.92 Å². The van der Waals surface area contributed by atoms with E-state index in [9.17, 15) is 9.59 Å². The summed E-state index contributed by atoms with van der Waals surface area (Å²) in [5, 5.41) is 8.10. The zero-order valence-corrected chi connectivity index (χ0v) is 18.6.